The number of imide groups is 1. The van der Waals surface area contributed by atoms with E-state index in [9.17, 15) is 14.4 Å². The Bertz CT molecular complexity index is 650. The van der Waals surface area contributed by atoms with E-state index in [1.807, 2.05) is 12.1 Å². The van der Waals surface area contributed by atoms with Gasteiger partial charge in [-0.15, -0.1) is 11.8 Å². The topological polar surface area (TPSA) is 93.7 Å². The van der Waals surface area contributed by atoms with Crippen LogP contribution in [0.1, 0.15) is 32.6 Å². The maximum absolute atomic E-state index is 11.9. The van der Waals surface area contributed by atoms with Crippen molar-refractivity contribution in [1.29, 1.82) is 0 Å². The molecule has 0 aromatic heterocycles. The Morgan fingerprint density at radius 2 is 1.85 bits per heavy atom. The second-order valence-electron chi connectivity index (χ2n) is 6.51. The van der Waals surface area contributed by atoms with Crippen molar-refractivity contribution in [2.75, 3.05) is 19.5 Å². The molecule has 2 atom stereocenters. The van der Waals surface area contributed by atoms with E-state index in [-0.39, 0.29) is 11.8 Å². The molecular weight excluding hydrogens is 368 g/mol. The van der Waals surface area contributed by atoms with Gasteiger partial charge in [0.2, 0.25) is 0 Å². The Morgan fingerprint density at radius 1 is 1.15 bits per heavy atom. The van der Waals surface area contributed by atoms with Gasteiger partial charge in [0.1, 0.15) is 5.75 Å². The average Bonchev–Trinajstić information content (AvgIpc) is 2.67. The van der Waals surface area contributed by atoms with E-state index in [0.717, 1.165) is 29.9 Å². The van der Waals surface area contributed by atoms with E-state index >= 15 is 0 Å². The fraction of sp³-hybridized carbons (Fsp3) is 0.526. The first-order chi connectivity index (χ1) is 13.0. The number of nitrogens with one attached hydrogen (secondary N) is 2. The highest BCUT2D eigenvalue weighted by atomic mass is 32.2. The molecule has 1 fully saturated rings. The number of rotatable bonds is 7. The van der Waals surface area contributed by atoms with Crippen LogP contribution in [0.3, 0.4) is 0 Å². The largest absolute Gasteiger partial charge is 0.497 e. The van der Waals surface area contributed by atoms with Crippen LogP contribution in [0.15, 0.2) is 29.2 Å². The highest BCUT2D eigenvalue weighted by molar-refractivity contribution is 8.00. The van der Waals surface area contributed by atoms with Gasteiger partial charge in [0.25, 0.3) is 5.91 Å². The first-order valence-electron chi connectivity index (χ1n) is 9.00. The summed E-state index contributed by atoms with van der Waals surface area (Å²) >= 11 is 1.30. The zero-order valence-corrected chi connectivity index (χ0v) is 16.5. The Hall–Kier alpha value is -2.22. The monoisotopic (exact) mass is 394 g/mol. The summed E-state index contributed by atoms with van der Waals surface area (Å²) in [6.45, 7) is 1.61. The molecule has 8 heteroatoms. The van der Waals surface area contributed by atoms with E-state index in [4.69, 9.17) is 9.47 Å². The van der Waals surface area contributed by atoms with Crippen molar-refractivity contribution < 1.29 is 23.9 Å². The molecule has 1 aliphatic carbocycles. The number of esters is 1. The molecule has 148 valence electrons. The molecule has 1 saturated carbocycles. The third-order valence-corrected chi connectivity index (χ3v) is 5.45. The van der Waals surface area contributed by atoms with E-state index in [2.05, 4.69) is 17.6 Å². The van der Waals surface area contributed by atoms with Gasteiger partial charge in [-0.3, -0.25) is 14.9 Å². The fourth-order valence-electron chi connectivity index (χ4n) is 2.90. The summed E-state index contributed by atoms with van der Waals surface area (Å²) in [7, 11) is 1.58. The summed E-state index contributed by atoms with van der Waals surface area (Å²) in [5, 5.41) is 5.02. The van der Waals surface area contributed by atoms with Crippen LogP contribution in [0, 0.1) is 5.92 Å². The molecule has 0 saturated heterocycles. The predicted molar refractivity (Wildman–Crippen MR) is 103 cm³/mol. The Balaban J connectivity index is 1.63. The SMILES string of the molecule is COc1ccc(SCC(=O)OCC(=O)NC(=O)N[C@@H]2CCCC[C@H]2C)cc1. The van der Waals surface area contributed by atoms with Gasteiger partial charge >= 0.3 is 12.0 Å². The molecular formula is C19H26N2O5S. The molecule has 1 aliphatic rings. The standard InChI is InChI=1S/C19H26N2O5S/c1-13-5-3-4-6-16(13)20-19(24)21-17(22)11-26-18(23)12-27-15-9-7-14(25-2)8-10-15/h7-10,13,16H,3-6,11-12H2,1-2H3,(H2,20,21,22,24)/t13-,16-/m1/s1. The minimum Gasteiger partial charge on any atom is -0.497 e. The van der Waals surface area contributed by atoms with Gasteiger partial charge in [-0.2, -0.15) is 0 Å². The summed E-state index contributed by atoms with van der Waals surface area (Å²) < 4.78 is 9.97. The number of methoxy groups -OCH3 is 1. The molecule has 2 rings (SSSR count). The smallest absolute Gasteiger partial charge is 0.321 e. The van der Waals surface area contributed by atoms with Gasteiger partial charge in [0, 0.05) is 10.9 Å². The first kappa shape index (κ1) is 21.1. The highest BCUT2D eigenvalue weighted by Gasteiger charge is 2.23. The summed E-state index contributed by atoms with van der Waals surface area (Å²) in [5.41, 5.74) is 0. The number of urea groups is 1. The molecule has 0 spiro atoms. The number of thioether (sulfide) groups is 1. The Kier molecular flexibility index (Phi) is 8.44. The summed E-state index contributed by atoms with van der Waals surface area (Å²) in [5.74, 6) is 0.0451. The number of hydrogen-bond donors (Lipinski definition) is 2. The van der Waals surface area contributed by atoms with Gasteiger partial charge in [-0.25, -0.2) is 4.79 Å². The lowest BCUT2D eigenvalue weighted by Crippen LogP contribution is -2.48. The van der Waals surface area contributed by atoms with Gasteiger partial charge in [-0.05, 0) is 43.0 Å². The molecule has 0 aliphatic heterocycles. The van der Waals surface area contributed by atoms with Crippen LogP contribution >= 0.6 is 11.8 Å². The van der Waals surface area contributed by atoms with Crippen molar-refractivity contribution in [3.63, 3.8) is 0 Å². The fourth-order valence-corrected chi connectivity index (χ4v) is 3.60. The lowest BCUT2D eigenvalue weighted by molar-refractivity contribution is -0.145. The number of benzene rings is 1. The van der Waals surface area contributed by atoms with E-state index in [0.29, 0.717) is 5.92 Å². The molecule has 0 bridgehead atoms. The average molecular weight is 394 g/mol. The van der Waals surface area contributed by atoms with Gasteiger partial charge in [-0.1, -0.05) is 19.8 Å². The molecule has 3 amide bonds. The predicted octanol–water partition coefficient (Wildman–Crippen LogP) is 2.74. The minimum atomic E-state index is -0.640. The number of carbonyl (C=O) groups is 3. The molecule has 0 radical (unpaired) electrons. The number of amides is 3. The van der Waals surface area contributed by atoms with Gasteiger partial charge in [0.15, 0.2) is 6.61 Å². The van der Waals surface area contributed by atoms with Crippen LogP contribution < -0.4 is 15.4 Å². The van der Waals surface area contributed by atoms with Crippen molar-refractivity contribution in [1.82, 2.24) is 10.6 Å². The quantitative estimate of drug-likeness (QED) is 0.546. The molecule has 7 nitrogen and oxygen atoms in total. The van der Waals surface area contributed by atoms with E-state index in [1.165, 1.54) is 18.2 Å². The highest BCUT2D eigenvalue weighted by Crippen LogP contribution is 2.23. The van der Waals surface area contributed by atoms with E-state index < -0.39 is 24.5 Å². The summed E-state index contributed by atoms with van der Waals surface area (Å²) in [6, 6.07) is 6.80. The normalized spacial score (nSPS) is 19.0. The third kappa shape index (κ3) is 7.50. The van der Waals surface area contributed by atoms with Gasteiger partial charge in [0.05, 0.1) is 12.9 Å². The zero-order valence-electron chi connectivity index (χ0n) is 15.7. The molecule has 0 unspecified atom stereocenters. The second-order valence-corrected chi connectivity index (χ2v) is 7.56. The van der Waals surface area contributed by atoms with Crippen LogP contribution in [-0.2, 0) is 14.3 Å². The third-order valence-electron chi connectivity index (χ3n) is 4.46. The zero-order chi connectivity index (χ0) is 19.6. The van der Waals surface area contributed by atoms with Crippen molar-refractivity contribution in [2.24, 2.45) is 5.92 Å². The summed E-state index contributed by atoms with van der Waals surface area (Å²) in [6.07, 6.45) is 4.24. The van der Waals surface area contributed by atoms with E-state index in [1.54, 1.807) is 19.2 Å². The Morgan fingerprint density at radius 3 is 2.52 bits per heavy atom. The van der Waals surface area contributed by atoms with Crippen LogP contribution in [0.2, 0.25) is 0 Å². The lowest BCUT2D eigenvalue weighted by atomic mass is 9.86. The molecule has 1 aromatic rings. The molecule has 2 N–H and O–H groups in total. The maximum atomic E-state index is 11.9. The van der Waals surface area contributed by atoms with Crippen molar-refractivity contribution >= 4 is 29.7 Å². The lowest BCUT2D eigenvalue weighted by Gasteiger charge is -2.29. The summed E-state index contributed by atoms with van der Waals surface area (Å²) in [4.78, 5) is 36.3. The minimum absolute atomic E-state index is 0.0748. The molecule has 0 heterocycles. The van der Waals surface area contributed by atoms with Crippen molar-refractivity contribution in [3.8, 4) is 5.75 Å². The second kappa shape index (κ2) is 10.8. The molecule has 1 aromatic carbocycles. The number of carbonyl (C=O) groups excluding carboxylic acids is 3. The van der Waals surface area contributed by atoms with Gasteiger partial charge < -0.3 is 14.8 Å². The Labute approximate surface area is 163 Å². The van der Waals surface area contributed by atoms with Crippen molar-refractivity contribution in [3.05, 3.63) is 24.3 Å². The van der Waals surface area contributed by atoms with Crippen LogP contribution in [0.5, 0.6) is 5.75 Å². The number of hydrogen-bond acceptors (Lipinski definition) is 6. The number of ether oxygens (including phenoxy) is 2. The van der Waals surface area contributed by atoms with Crippen molar-refractivity contribution in [2.45, 2.75) is 43.5 Å². The molecule has 27 heavy (non-hydrogen) atoms. The van der Waals surface area contributed by atoms with Crippen LogP contribution in [0.4, 0.5) is 4.79 Å². The van der Waals surface area contributed by atoms with Crippen LogP contribution in [0.25, 0.3) is 0 Å². The van der Waals surface area contributed by atoms with Crippen LogP contribution in [-0.4, -0.2) is 43.4 Å². The first-order valence-corrected chi connectivity index (χ1v) is 9.99. The maximum Gasteiger partial charge on any atom is 0.321 e.